The minimum atomic E-state index is -0.450. The minimum absolute atomic E-state index is 0.392. The fraction of sp³-hybridized carbons (Fsp3) is 0.800. The van der Waals surface area contributed by atoms with E-state index in [2.05, 4.69) is 11.8 Å². The van der Waals surface area contributed by atoms with Crippen LogP contribution in [0.3, 0.4) is 0 Å². The van der Waals surface area contributed by atoms with Crippen LogP contribution in [0.5, 0.6) is 0 Å². The van der Waals surface area contributed by atoms with Crippen molar-refractivity contribution in [2.75, 3.05) is 13.2 Å². The van der Waals surface area contributed by atoms with Crippen LogP contribution >= 0.6 is 0 Å². The smallest absolute Gasteiger partial charge is 0.222 e. The molecular weight excluding hydrogens is 168 g/mol. The third-order valence-electron chi connectivity index (χ3n) is 1.25. The second kappa shape index (κ2) is 8.06. The van der Waals surface area contributed by atoms with Crippen LogP contribution in [0, 0.1) is 11.8 Å². The molecule has 0 aliphatic heterocycles. The molecule has 0 aliphatic carbocycles. The molecular formula is C10H18O3. The lowest BCUT2D eigenvalue weighted by Gasteiger charge is -2.09. The number of hydrogen-bond donors (Lipinski definition) is 1. The van der Waals surface area contributed by atoms with Gasteiger partial charge in [-0.3, -0.25) is 0 Å². The summed E-state index contributed by atoms with van der Waals surface area (Å²) in [6.45, 7) is 6.64. The molecule has 0 saturated carbocycles. The number of ether oxygens (including phenoxy) is 2. The first-order valence-corrected chi connectivity index (χ1v) is 4.60. The predicted octanol–water partition coefficient (Wildman–Crippen LogP) is 1.16. The fourth-order valence-corrected chi connectivity index (χ4v) is 0.724. The van der Waals surface area contributed by atoms with Crippen LogP contribution in [-0.2, 0) is 9.47 Å². The van der Waals surface area contributed by atoms with E-state index in [0.717, 1.165) is 0 Å². The van der Waals surface area contributed by atoms with Crippen LogP contribution in [0.4, 0.5) is 0 Å². The molecule has 0 amide bonds. The summed E-state index contributed by atoms with van der Waals surface area (Å²) < 4.78 is 10.4. The molecule has 13 heavy (non-hydrogen) atoms. The number of aliphatic hydroxyl groups excluding tert-OH is 1. The van der Waals surface area contributed by atoms with Crippen LogP contribution in [0.25, 0.3) is 0 Å². The van der Waals surface area contributed by atoms with Crippen LogP contribution in [-0.4, -0.2) is 30.7 Å². The van der Waals surface area contributed by atoms with Crippen molar-refractivity contribution in [2.24, 2.45) is 0 Å². The van der Waals surface area contributed by atoms with Gasteiger partial charge in [-0.2, -0.15) is 0 Å². The first kappa shape index (κ1) is 12.4. The van der Waals surface area contributed by atoms with E-state index in [1.54, 1.807) is 6.92 Å². The summed E-state index contributed by atoms with van der Waals surface area (Å²) in [4.78, 5) is 0. The normalized spacial score (nSPS) is 12.4. The number of hydrogen-bond acceptors (Lipinski definition) is 3. The molecule has 0 rings (SSSR count). The van der Waals surface area contributed by atoms with Gasteiger partial charge in [-0.25, -0.2) is 0 Å². The van der Waals surface area contributed by atoms with E-state index < -0.39 is 12.4 Å². The van der Waals surface area contributed by atoms with Crippen molar-refractivity contribution in [3.8, 4) is 11.8 Å². The quantitative estimate of drug-likeness (QED) is 0.517. The van der Waals surface area contributed by atoms with Gasteiger partial charge in [-0.1, -0.05) is 5.92 Å². The number of aliphatic hydroxyl groups is 1. The largest absolute Gasteiger partial charge is 0.392 e. The van der Waals surface area contributed by atoms with E-state index >= 15 is 0 Å². The Balaban J connectivity index is 3.81. The molecule has 3 heteroatoms. The fourth-order valence-electron chi connectivity index (χ4n) is 0.724. The van der Waals surface area contributed by atoms with Gasteiger partial charge in [-0.15, -0.1) is 0 Å². The Morgan fingerprint density at radius 2 is 1.77 bits per heavy atom. The van der Waals surface area contributed by atoms with E-state index in [-0.39, 0.29) is 0 Å². The maximum Gasteiger partial charge on any atom is 0.222 e. The van der Waals surface area contributed by atoms with E-state index in [0.29, 0.717) is 19.6 Å². The Morgan fingerprint density at radius 3 is 2.15 bits per heavy atom. The molecule has 0 heterocycles. The van der Waals surface area contributed by atoms with E-state index in [9.17, 15) is 0 Å². The minimum Gasteiger partial charge on any atom is -0.392 e. The molecule has 0 aromatic rings. The highest BCUT2D eigenvalue weighted by Gasteiger charge is 2.01. The van der Waals surface area contributed by atoms with E-state index in [1.807, 2.05) is 13.8 Å². The average molecular weight is 186 g/mol. The third-order valence-corrected chi connectivity index (χ3v) is 1.25. The van der Waals surface area contributed by atoms with Crippen molar-refractivity contribution in [3.63, 3.8) is 0 Å². The second-order valence-corrected chi connectivity index (χ2v) is 2.62. The zero-order valence-corrected chi connectivity index (χ0v) is 8.54. The highest BCUT2D eigenvalue weighted by atomic mass is 16.7. The lowest BCUT2D eigenvalue weighted by atomic mass is 10.3. The van der Waals surface area contributed by atoms with Gasteiger partial charge in [0.05, 0.1) is 6.10 Å². The Bertz CT molecular complexity index is 161. The Kier molecular flexibility index (Phi) is 7.71. The molecule has 0 fully saturated rings. The Morgan fingerprint density at radius 1 is 1.23 bits per heavy atom. The van der Waals surface area contributed by atoms with Gasteiger partial charge >= 0.3 is 0 Å². The van der Waals surface area contributed by atoms with Gasteiger partial charge < -0.3 is 14.6 Å². The monoisotopic (exact) mass is 186 g/mol. The highest BCUT2D eigenvalue weighted by Crippen LogP contribution is 1.94. The van der Waals surface area contributed by atoms with Crippen LogP contribution in [0.15, 0.2) is 0 Å². The topological polar surface area (TPSA) is 38.7 Å². The Hall–Kier alpha value is -0.560. The maximum absolute atomic E-state index is 8.94. The van der Waals surface area contributed by atoms with Crippen molar-refractivity contribution in [1.82, 2.24) is 0 Å². The van der Waals surface area contributed by atoms with Gasteiger partial charge in [0.2, 0.25) is 6.29 Å². The number of rotatable bonds is 5. The summed E-state index contributed by atoms with van der Waals surface area (Å²) in [7, 11) is 0. The molecule has 76 valence electrons. The van der Waals surface area contributed by atoms with Crippen LogP contribution in [0.1, 0.15) is 27.2 Å². The van der Waals surface area contributed by atoms with Crippen molar-refractivity contribution in [1.29, 1.82) is 0 Å². The molecule has 0 aromatic heterocycles. The Labute approximate surface area is 80.0 Å². The molecule has 1 atom stereocenters. The molecule has 0 aliphatic rings. The van der Waals surface area contributed by atoms with Gasteiger partial charge in [0.15, 0.2) is 0 Å². The molecule has 0 spiro atoms. The molecule has 1 unspecified atom stereocenters. The molecule has 0 saturated heterocycles. The summed E-state index contributed by atoms with van der Waals surface area (Å²) in [6, 6.07) is 0. The standard InChI is InChI=1S/C10H18O3/c1-4-12-10(13-5-2)8-6-7-9(3)11/h9-11H,4-5,7H2,1-3H3. The van der Waals surface area contributed by atoms with Crippen LogP contribution in [0.2, 0.25) is 0 Å². The second-order valence-electron chi connectivity index (χ2n) is 2.62. The zero-order chi connectivity index (χ0) is 10.1. The molecule has 0 aromatic carbocycles. The maximum atomic E-state index is 8.94. The zero-order valence-electron chi connectivity index (χ0n) is 8.54. The summed E-state index contributed by atoms with van der Waals surface area (Å²) in [5, 5.41) is 8.94. The van der Waals surface area contributed by atoms with Crippen molar-refractivity contribution >= 4 is 0 Å². The predicted molar refractivity (Wildman–Crippen MR) is 51.1 cm³/mol. The van der Waals surface area contributed by atoms with Gasteiger partial charge in [0.25, 0.3) is 0 Å². The third kappa shape index (κ3) is 7.79. The van der Waals surface area contributed by atoms with E-state index in [1.165, 1.54) is 0 Å². The first-order chi connectivity index (χ1) is 6.20. The lowest BCUT2D eigenvalue weighted by Crippen LogP contribution is -2.14. The molecule has 0 radical (unpaired) electrons. The highest BCUT2D eigenvalue weighted by molar-refractivity contribution is 5.02. The summed E-state index contributed by atoms with van der Waals surface area (Å²) in [6.07, 6.45) is -0.387. The average Bonchev–Trinajstić information content (AvgIpc) is 2.04. The van der Waals surface area contributed by atoms with Gasteiger partial charge in [0, 0.05) is 19.6 Å². The lowest BCUT2D eigenvalue weighted by molar-refractivity contribution is -0.0970. The van der Waals surface area contributed by atoms with Gasteiger partial charge in [-0.05, 0) is 26.7 Å². The molecule has 3 nitrogen and oxygen atoms in total. The summed E-state index contributed by atoms with van der Waals surface area (Å²) in [5.41, 5.74) is 0. The summed E-state index contributed by atoms with van der Waals surface area (Å²) >= 11 is 0. The first-order valence-electron chi connectivity index (χ1n) is 4.60. The van der Waals surface area contributed by atoms with E-state index in [4.69, 9.17) is 14.6 Å². The molecule has 0 bridgehead atoms. The SMILES string of the molecule is CCOC(C#CCC(C)O)OCC. The van der Waals surface area contributed by atoms with Crippen molar-refractivity contribution in [3.05, 3.63) is 0 Å². The van der Waals surface area contributed by atoms with Crippen LogP contribution < -0.4 is 0 Å². The van der Waals surface area contributed by atoms with Crippen molar-refractivity contribution in [2.45, 2.75) is 39.6 Å². The summed E-state index contributed by atoms with van der Waals surface area (Å²) in [5.74, 6) is 5.60. The van der Waals surface area contributed by atoms with Crippen molar-refractivity contribution < 1.29 is 14.6 Å². The van der Waals surface area contributed by atoms with Gasteiger partial charge in [0.1, 0.15) is 0 Å². The molecule has 1 N–H and O–H groups in total.